The van der Waals surface area contributed by atoms with E-state index in [2.05, 4.69) is 19.9 Å². The molecule has 3 aromatic heterocycles. The third-order valence-corrected chi connectivity index (χ3v) is 5.95. The number of carbonyl (C=O) groups excluding carboxylic acids is 1. The summed E-state index contributed by atoms with van der Waals surface area (Å²) in [4.78, 5) is 29.6. The topological polar surface area (TPSA) is 98.0 Å². The fourth-order valence-electron chi connectivity index (χ4n) is 3.99. The van der Waals surface area contributed by atoms with Crippen molar-refractivity contribution in [2.75, 3.05) is 37.9 Å². The number of amides is 1. The van der Waals surface area contributed by atoms with Crippen molar-refractivity contribution in [3.8, 4) is 22.8 Å². The zero-order valence-electron chi connectivity index (χ0n) is 17.4. The lowest BCUT2D eigenvalue weighted by Gasteiger charge is -2.34. The smallest absolute Gasteiger partial charge is 0.255 e. The van der Waals surface area contributed by atoms with Crippen LogP contribution in [0.15, 0.2) is 48.8 Å². The van der Waals surface area contributed by atoms with Crippen LogP contribution in [0.2, 0.25) is 5.15 Å². The molecular weight excluding hydrogens is 446 g/mol. The van der Waals surface area contributed by atoms with Crippen LogP contribution in [0.25, 0.3) is 17.0 Å². The maximum absolute atomic E-state index is 12.7. The number of rotatable bonds is 3. The standard InChI is InChI=1S/C22H18ClN7O3/c23-19-4-2-15(12-25-19)20(31)28-7-9-29(10-8-28)22-26-21-24-6-5-16(30(21)27-22)14-1-3-17-18(11-14)33-13-32-17/h1-6,11-12H,7-10,13H2. The van der Waals surface area contributed by atoms with Gasteiger partial charge in [0.05, 0.1) is 11.3 Å². The van der Waals surface area contributed by atoms with Crippen molar-refractivity contribution in [1.82, 2.24) is 29.5 Å². The van der Waals surface area contributed by atoms with Crippen LogP contribution in [0.3, 0.4) is 0 Å². The molecule has 166 valence electrons. The van der Waals surface area contributed by atoms with Gasteiger partial charge >= 0.3 is 0 Å². The van der Waals surface area contributed by atoms with Crippen LogP contribution in [-0.4, -0.2) is 68.3 Å². The molecule has 1 amide bonds. The van der Waals surface area contributed by atoms with Crippen LogP contribution in [0.5, 0.6) is 11.5 Å². The highest BCUT2D eigenvalue weighted by Crippen LogP contribution is 2.35. The monoisotopic (exact) mass is 463 g/mol. The van der Waals surface area contributed by atoms with Gasteiger partial charge in [0, 0.05) is 44.1 Å². The Morgan fingerprint density at radius 2 is 1.82 bits per heavy atom. The van der Waals surface area contributed by atoms with Crippen LogP contribution in [0, 0.1) is 0 Å². The van der Waals surface area contributed by atoms with E-state index < -0.39 is 0 Å². The lowest BCUT2D eigenvalue weighted by atomic mass is 10.1. The van der Waals surface area contributed by atoms with Crippen molar-refractivity contribution in [3.05, 3.63) is 59.5 Å². The van der Waals surface area contributed by atoms with Gasteiger partial charge in [0.1, 0.15) is 5.15 Å². The molecule has 1 aromatic carbocycles. The number of carbonyl (C=O) groups is 1. The molecule has 11 heteroatoms. The molecule has 6 rings (SSSR count). The maximum atomic E-state index is 12.7. The van der Waals surface area contributed by atoms with Crippen molar-refractivity contribution >= 4 is 29.2 Å². The van der Waals surface area contributed by atoms with Gasteiger partial charge in [-0.2, -0.15) is 9.50 Å². The number of nitrogens with zero attached hydrogens (tertiary/aromatic N) is 7. The number of fused-ring (bicyclic) bond motifs is 2. The minimum Gasteiger partial charge on any atom is -0.454 e. The van der Waals surface area contributed by atoms with E-state index in [1.54, 1.807) is 27.7 Å². The number of anilines is 1. The van der Waals surface area contributed by atoms with Gasteiger partial charge in [0.15, 0.2) is 11.5 Å². The molecule has 0 bridgehead atoms. The summed E-state index contributed by atoms with van der Waals surface area (Å²) in [6.45, 7) is 2.56. The molecule has 0 aliphatic carbocycles. The predicted octanol–water partition coefficient (Wildman–Crippen LogP) is 2.53. The second-order valence-electron chi connectivity index (χ2n) is 7.67. The molecule has 5 heterocycles. The lowest BCUT2D eigenvalue weighted by molar-refractivity contribution is 0.0746. The number of ether oxygens (including phenoxy) is 2. The molecule has 0 spiro atoms. The third kappa shape index (κ3) is 3.58. The van der Waals surface area contributed by atoms with E-state index in [0.29, 0.717) is 54.4 Å². The first-order valence-corrected chi connectivity index (χ1v) is 10.8. The Hall–Kier alpha value is -3.92. The van der Waals surface area contributed by atoms with E-state index in [-0.39, 0.29) is 12.7 Å². The average Bonchev–Trinajstić information content (AvgIpc) is 3.50. The second-order valence-corrected chi connectivity index (χ2v) is 8.06. The molecule has 1 fully saturated rings. The van der Waals surface area contributed by atoms with E-state index in [1.807, 2.05) is 24.3 Å². The van der Waals surface area contributed by atoms with E-state index in [9.17, 15) is 4.79 Å². The summed E-state index contributed by atoms with van der Waals surface area (Å²) in [6.07, 6.45) is 3.22. The fourth-order valence-corrected chi connectivity index (χ4v) is 4.10. The Bertz CT molecular complexity index is 1350. The quantitative estimate of drug-likeness (QED) is 0.427. The van der Waals surface area contributed by atoms with Crippen molar-refractivity contribution in [3.63, 3.8) is 0 Å². The van der Waals surface area contributed by atoms with Gasteiger partial charge in [-0.05, 0) is 36.4 Å². The first-order chi connectivity index (χ1) is 16.2. The van der Waals surface area contributed by atoms with Gasteiger partial charge in [-0.3, -0.25) is 4.79 Å². The van der Waals surface area contributed by atoms with E-state index >= 15 is 0 Å². The zero-order valence-corrected chi connectivity index (χ0v) is 18.1. The Morgan fingerprint density at radius 3 is 2.64 bits per heavy atom. The summed E-state index contributed by atoms with van der Waals surface area (Å²) in [7, 11) is 0. The van der Waals surface area contributed by atoms with Crippen LogP contribution in [0.1, 0.15) is 10.4 Å². The van der Waals surface area contributed by atoms with Crippen molar-refractivity contribution in [1.29, 1.82) is 0 Å². The third-order valence-electron chi connectivity index (χ3n) is 5.72. The molecule has 4 aromatic rings. The summed E-state index contributed by atoms with van der Waals surface area (Å²) in [5.74, 6) is 2.45. The maximum Gasteiger partial charge on any atom is 0.255 e. The average molecular weight is 464 g/mol. The number of piperazine rings is 1. The van der Waals surface area contributed by atoms with E-state index in [4.69, 9.17) is 26.2 Å². The summed E-state index contributed by atoms with van der Waals surface area (Å²) in [5.41, 5.74) is 2.30. The van der Waals surface area contributed by atoms with Crippen molar-refractivity contribution in [2.45, 2.75) is 0 Å². The van der Waals surface area contributed by atoms with Crippen LogP contribution >= 0.6 is 11.6 Å². The highest BCUT2D eigenvalue weighted by molar-refractivity contribution is 6.29. The highest BCUT2D eigenvalue weighted by Gasteiger charge is 2.25. The Labute approximate surface area is 193 Å². The van der Waals surface area contributed by atoms with Gasteiger partial charge in [-0.1, -0.05) is 11.6 Å². The number of hydrogen-bond acceptors (Lipinski definition) is 8. The normalized spacial score (nSPS) is 15.3. The molecule has 0 N–H and O–H groups in total. The molecule has 0 saturated carbocycles. The number of hydrogen-bond donors (Lipinski definition) is 0. The Balaban J connectivity index is 1.22. The van der Waals surface area contributed by atoms with Gasteiger partial charge < -0.3 is 19.3 Å². The van der Waals surface area contributed by atoms with Gasteiger partial charge in [-0.15, -0.1) is 5.10 Å². The van der Waals surface area contributed by atoms with Crippen molar-refractivity contribution < 1.29 is 14.3 Å². The predicted molar refractivity (Wildman–Crippen MR) is 120 cm³/mol. The molecule has 0 unspecified atom stereocenters. The fraction of sp³-hybridized carbons (Fsp3) is 0.227. The van der Waals surface area contributed by atoms with E-state index in [0.717, 1.165) is 17.0 Å². The van der Waals surface area contributed by atoms with Crippen LogP contribution < -0.4 is 14.4 Å². The van der Waals surface area contributed by atoms with Crippen molar-refractivity contribution in [2.24, 2.45) is 0 Å². The Kier molecular flexibility index (Phi) is 4.72. The number of pyridine rings is 1. The van der Waals surface area contributed by atoms with E-state index in [1.165, 1.54) is 6.20 Å². The van der Waals surface area contributed by atoms with Gasteiger partial charge in [-0.25, -0.2) is 9.97 Å². The molecule has 10 nitrogen and oxygen atoms in total. The minimum absolute atomic E-state index is 0.0615. The molecule has 1 saturated heterocycles. The molecule has 33 heavy (non-hydrogen) atoms. The number of aromatic nitrogens is 5. The zero-order chi connectivity index (χ0) is 22.4. The summed E-state index contributed by atoms with van der Waals surface area (Å²) < 4.78 is 12.6. The molecule has 0 radical (unpaired) electrons. The first-order valence-electron chi connectivity index (χ1n) is 10.4. The number of benzene rings is 1. The molecular formula is C22H18ClN7O3. The lowest BCUT2D eigenvalue weighted by Crippen LogP contribution is -2.49. The molecule has 2 aliphatic heterocycles. The largest absolute Gasteiger partial charge is 0.454 e. The highest BCUT2D eigenvalue weighted by atomic mass is 35.5. The first kappa shape index (κ1) is 19.7. The minimum atomic E-state index is -0.0615. The van der Waals surface area contributed by atoms with Crippen LogP contribution in [0.4, 0.5) is 5.95 Å². The second kappa shape index (κ2) is 7.89. The van der Waals surface area contributed by atoms with Gasteiger partial charge in [0.25, 0.3) is 11.7 Å². The Morgan fingerprint density at radius 1 is 0.970 bits per heavy atom. The molecule has 0 atom stereocenters. The van der Waals surface area contributed by atoms with Gasteiger partial charge in [0.2, 0.25) is 12.7 Å². The SMILES string of the molecule is O=C(c1ccc(Cl)nc1)N1CCN(c2nc3nccc(-c4ccc5c(c4)OCO5)n3n2)CC1. The summed E-state index contributed by atoms with van der Waals surface area (Å²) >= 11 is 5.82. The number of halogens is 1. The molecule has 2 aliphatic rings. The summed E-state index contributed by atoms with van der Waals surface area (Å²) in [5, 5.41) is 5.08. The summed E-state index contributed by atoms with van der Waals surface area (Å²) in [6, 6.07) is 11.0. The van der Waals surface area contributed by atoms with Crippen LogP contribution in [-0.2, 0) is 0 Å².